The number of nitrogens with one attached hydrogen (secondary N) is 2. The van der Waals surface area contributed by atoms with E-state index in [9.17, 15) is 17.7 Å². The van der Waals surface area contributed by atoms with Crippen molar-refractivity contribution in [1.29, 1.82) is 0 Å². The molecule has 0 aliphatic heterocycles. The van der Waals surface area contributed by atoms with Gasteiger partial charge in [-0.05, 0) is 53.1 Å². The Morgan fingerprint density at radius 1 is 1.22 bits per heavy atom. The van der Waals surface area contributed by atoms with Crippen molar-refractivity contribution in [1.82, 2.24) is 15.2 Å². The van der Waals surface area contributed by atoms with Crippen molar-refractivity contribution < 1.29 is 17.7 Å². The van der Waals surface area contributed by atoms with Crippen LogP contribution in [0.3, 0.4) is 0 Å². The zero-order valence-electron chi connectivity index (χ0n) is 13.8. The van der Waals surface area contributed by atoms with Crippen LogP contribution in [0.5, 0.6) is 0 Å². The first-order valence-electron chi connectivity index (χ1n) is 7.44. The van der Waals surface area contributed by atoms with E-state index >= 15 is 0 Å². The highest BCUT2D eigenvalue weighted by Gasteiger charge is 2.35. The Hall–Kier alpha value is -2.43. The van der Waals surface area contributed by atoms with Gasteiger partial charge in [-0.2, -0.15) is 18.2 Å². The number of benzene rings is 2. The van der Waals surface area contributed by atoms with Crippen molar-refractivity contribution >= 4 is 40.4 Å². The van der Waals surface area contributed by atoms with Crippen molar-refractivity contribution in [2.45, 2.75) is 11.1 Å². The molecule has 3 rings (SSSR count). The minimum atomic E-state index is -4.65. The van der Waals surface area contributed by atoms with E-state index in [4.69, 9.17) is 17.3 Å². The number of nitrogen functional groups attached to an aromatic ring is 1. The van der Waals surface area contributed by atoms with Gasteiger partial charge in [-0.1, -0.05) is 11.6 Å². The van der Waals surface area contributed by atoms with E-state index in [0.29, 0.717) is 4.90 Å². The molecule has 0 aliphatic carbocycles. The van der Waals surface area contributed by atoms with Gasteiger partial charge in [0, 0.05) is 11.3 Å². The van der Waals surface area contributed by atoms with E-state index in [1.54, 1.807) is 0 Å². The molecule has 2 aromatic carbocycles. The molecule has 6 nitrogen and oxygen atoms in total. The van der Waals surface area contributed by atoms with E-state index in [-0.39, 0.29) is 33.7 Å². The number of H-pyrrole nitrogens is 1. The van der Waals surface area contributed by atoms with Gasteiger partial charge in [0.05, 0.1) is 10.6 Å². The van der Waals surface area contributed by atoms with Crippen molar-refractivity contribution in [3.05, 3.63) is 47.0 Å². The van der Waals surface area contributed by atoms with E-state index in [2.05, 4.69) is 20.5 Å². The molecule has 3 aromatic rings. The van der Waals surface area contributed by atoms with Gasteiger partial charge >= 0.3 is 6.18 Å². The highest BCUT2D eigenvalue weighted by atomic mass is 35.5. The largest absolute Gasteiger partial charge is 0.612 e. The minimum absolute atomic E-state index is 0.0132. The van der Waals surface area contributed by atoms with Crippen LogP contribution < -0.4 is 11.1 Å². The first-order chi connectivity index (χ1) is 12.6. The number of alkyl halides is 3. The Morgan fingerprint density at radius 2 is 1.89 bits per heavy atom. The molecule has 1 unspecified atom stereocenters. The maximum absolute atomic E-state index is 13.7. The van der Waals surface area contributed by atoms with Crippen LogP contribution in [0.2, 0.25) is 5.02 Å². The standard InChI is InChI=1S/C16H13ClF3N5OS/c1-27(26)10-4-2-8(3-5-10)13-11(16(18,19)20)6-9(7-12(13)17)22-15-23-14(21)24-25-15/h2-7H,1H3,(H4,21,22,23,24,25). The second-order valence-corrected chi connectivity index (χ2v) is 7.31. The maximum Gasteiger partial charge on any atom is 0.417 e. The summed E-state index contributed by atoms with van der Waals surface area (Å²) in [6.07, 6.45) is -3.17. The Labute approximate surface area is 160 Å². The summed E-state index contributed by atoms with van der Waals surface area (Å²) >= 11 is 4.94. The number of aromatic nitrogens is 3. The van der Waals surface area contributed by atoms with Gasteiger partial charge in [-0.3, -0.25) is 0 Å². The molecule has 0 spiro atoms. The first kappa shape index (κ1) is 19.3. The summed E-state index contributed by atoms with van der Waals surface area (Å²) in [7, 11) is 0. The van der Waals surface area contributed by atoms with E-state index in [1.165, 1.54) is 36.6 Å². The summed E-state index contributed by atoms with van der Waals surface area (Å²) < 4.78 is 52.4. The molecule has 27 heavy (non-hydrogen) atoms. The van der Waals surface area contributed by atoms with E-state index in [1.807, 2.05) is 0 Å². The maximum atomic E-state index is 13.7. The van der Waals surface area contributed by atoms with Gasteiger partial charge < -0.3 is 15.6 Å². The molecule has 0 saturated heterocycles. The lowest BCUT2D eigenvalue weighted by atomic mass is 9.98. The third kappa shape index (κ3) is 4.29. The van der Waals surface area contributed by atoms with Gasteiger partial charge in [-0.15, -0.1) is 5.10 Å². The van der Waals surface area contributed by atoms with Crippen LogP contribution in [0, 0.1) is 0 Å². The summed E-state index contributed by atoms with van der Waals surface area (Å²) in [5, 5.41) is 8.60. The molecule has 0 fully saturated rings. The third-order valence-corrected chi connectivity index (χ3v) is 4.86. The number of hydrogen-bond donors (Lipinski definition) is 3. The van der Waals surface area contributed by atoms with Crippen molar-refractivity contribution in [2.75, 3.05) is 17.3 Å². The predicted octanol–water partition coefficient (Wildman–Crippen LogP) is 4.21. The van der Waals surface area contributed by atoms with E-state index < -0.39 is 22.9 Å². The molecule has 1 heterocycles. The average molecular weight is 416 g/mol. The zero-order chi connectivity index (χ0) is 19.8. The Kier molecular flexibility index (Phi) is 5.22. The van der Waals surface area contributed by atoms with Gasteiger partial charge in [0.2, 0.25) is 11.9 Å². The number of halogens is 4. The lowest BCUT2D eigenvalue weighted by Crippen LogP contribution is -2.09. The summed E-state index contributed by atoms with van der Waals surface area (Å²) in [5.74, 6) is 0.0314. The lowest BCUT2D eigenvalue weighted by Gasteiger charge is -2.17. The fourth-order valence-corrected chi connectivity index (χ4v) is 3.32. The zero-order valence-corrected chi connectivity index (χ0v) is 15.3. The number of rotatable bonds is 4. The van der Waals surface area contributed by atoms with Gasteiger partial charge in [0.25, 0.3) is 0 Å². The van der Waals surface area contributed by atoms with Crippen LogP contribution in [0.25, 0.3) is 11.1 Å². The molecule has 0 aliphatic rings. The quantitative estimate of drug-likeness (QED) is 0.554. The molecule has 0 amide bonds. The van der Waals surface area contributed by atoms with Crippen LogP contribution in [0.4, 0.5) is 30.8 Å². The fraction of sp³-hybridized carbons (Fsp3) is 0.125. The molecule has 1 aromatic heterocycles. The normalized spacial score (nSPS) is 12.8. The third-order valence-electron chi connectivity index (χ3n) is 3.63. The predicted molar refractivity (Wildman–Crippen MR) is 98.3 cm³/mol. The molecule has 142 valence electrons. The van der Waals surface area contributed by atoms with Gasteiger partial charge in [0.1, 0.15) is 6.26 Å². The lowest BCUT2D eigenvalue weighted by molar-refractivity contribution is -0.137. The molecule has 0 saturated carbocycles. The second-order valence-electron chi connectivity index (χ2n) is 5.53. The van der Waals surface area contributed by atoms with Gasteiger partial charge in [0.15, 0.2) is 4.90 Å². The topological polar surface area (TPSA) is 103 Å². The molecule has 11 heteroatoms. The Morgan fingerprint density at radius 3 is 2.41 bits per heavy atom. The highest BCUT2D eigenvalue weighted by Crippen LogP contribution is 2.43. The molecule has 4 N–H and O–H groups in total. The van der Waals surface area contributed by atoms with Crippen LogP contribution >= 0.6 is 11.6 Å². The van der Waals surface area contributed by atoms with Crippen LogP contribution in [0.1, 0.15) is 5.56 Å². The molecular formula is C16H13ClF3N5OS. The smallest absolute Gasteiger partial charge is 0.417 e. The minimum Gasteiger partial charge on any atom is -0.612 e. The number of nitrogens with two attached hydrogens (primary N) is 1. The van der Waals surface area contributed by atoms with Crippen LogP contribution in [0.15, 0.2) is 41.3 Å². The monoisotopic (exact) mass is 415 g/mol. The number of nitrogens with zero attached hydrogens (tertiary/aromatic N) is 2. The highest BCUT2D eigenvalue weighted by molar-refractivity contribution is 7.90. The number of anilines is 3. The fourth-order valence-electron chi connectivity index (χ4n) is 2.47. The summed E-state index contributed by atoms with van der Waals surface area (Å²) in [4.78, 5) is 4.28. The SMILES string of the molecule is C[S+]([O-])c1ccc(-c2c(Cl)cc(Nc3n[nH]c(N)n3)cc2C(F)(F)F)cc1. The Balaban J connectivity index is 2.07. The van der Waals surface area contributed by atoms with Crippen molar-refractivity contribution in [2.24, 2.45) is 0 Å². The summed E-state index contributed by atoms with van der Waals surface area (Å²) in [6, 6.07) is 8.17. The number of hydrogen-bond acceptors (Lipinski definition) is 5. The van der Waals surface area contributed by atoms with Crippen LogP contribution in [-0.2, 0) is 17.4 Å². The molecule has 0 radical (unpaired) electrons. The molecule has 0 bridgehead atoms. The average Bonchev–Trinajstić information content (AvgIpc) is 2.98. The van der Waals surface area contributed by atoms with Crippen molar-refractivity contribution in [3.63, 3.8) is 0 Å². The molecule has 1 atom stereocenters. The molecular weight excluding hydrogens is 403 g/mol. The van der Waals surface area contributed by atoms with Crippen LogP contribution in [-0.4, -0.2) is 26.0 Å². The first-order valence-corrected chi connectivity index (χ1v) is 9.38. The van der Waals surface area contributed by atoms with Crippen molar-refractivity contribution in [3.8, 4) is 11.1 Å². The second kappa shape index (κ2) is 7.29. The summed E-state index contributed by atoms with van der Waals surface area (Å²) in [5.41, 5.74) is 4.62. The Bertz CT molecular complexity index is 960. The van der Waals surface area contributed by atoms with E-state index in [0.717, 1.165) is 6.07 Å². The summed E-state index contributed by atoms with van der Waals surface area (Å²) in [6.45, 7) is 0. The van der Waals surface area contributed by atoms with Gasteiger partial charge in [-0.25, -0.2) is 5.10 Å². The number of aromatic amines is 1.